The molecule has 1 saturated heterocycles. The van der Waals surface area contributed by atoms with Crippen molar-refractivity contribution in [2.75, 3.05) is 7.11 Å². The summed E-state index contributed by atoms with van der Waals surface area (Å²) in [5, 5.41) is 0. The highest BCUT2D eigenvalue weighted by Crippen LogP contribution is 2.38. The molecule has 0 aromatic rings. The first kappa shape index (κ1) is 16.0. The molecule has 4 nitrogen and oxygen atoms in total. The molecule has 3 rings (SSSR count). The third kappa shape index (κ3) is 2.54. The molecule has 0 radical (unpaired) electrons. The first-order valence-corrected chi connectivity index (χ1v) is 7.72. The number of carbonyl (C=O) groups is 1. The number of hydrogen-bond donors (Lipinski definition) is 0. The van der Waals surface area contributed by atoms with Gasteiger partial charge in [0.05, 0.1) is 23.9 Å². The molecule has 120 valence electrons. The lowest BCUT2D eigenvalue weighted by Crippen LogP contribution is -2.41. The number of fused-ring (bicyclic) bond motifs is 1. The average molecular weight is 312 g/mol. The second-order valence-electron chi connectivity index (χ2n) is 6.83. The quantitative estimate of drug-likeness (QED) is 0.632. The third-order valence-electron chi connectivity index (χ3n) is 4.85. The molecular formula is C18H21BO4. The van der Waals surface area contributed by atoms with Crippen molar-refractivity contribution in [1.82, 2.24) is 0 Å². The van der Waals surface area contributed by atoms with Gasteiger partial charge in [0.2, 0.25) is 0 Å². The minimum atomic E-state index is -0.511. The summed E-state index contributed by atoms with van der Waals surface area (Å²) >= 11 is 0. The number of esters is 1. The summed E-state index contributed by atoms with van der Waals surface area (Å²) in [6, 6.07) is 11.5. The van der Waals surface area contributed by atoms with Gasteiger partial charge in [-0.2, -0.15) is 0 Å². The maximum atomic E-state index is 12.1. The zero-order valence-corrected chi connectivity index (χ0v) is 14.2. The van der Waals surface area contributed by atoms with Gasteiger partial charge in [0.25, 0.3) is 0 Å². The van der Waals surface area contributed by atoms with Crippen LogP contribution in [0, 0.1) is 0 Å². The van der Waals surface area contributed by atoms with Crippen LogP contribution in [0.15, 0.2) is 36.4 Å². The zero-order valence-electron chi connectivity index (χ0n) is 14.2. The monoisotopic (exact) mass is 312 g/mol. The van der Waals surface area contributed by atoms with Crippen LogP contribution in [0.2, 0.25) is 0 Å². The van der Waals surface area contributed by atoms with Crippen LogP contribution in [-0.2, 0) is 14.0 Å². The smallest absolute Gasteiger partial charge is 0.465 e. The van der Waals surface area contributed by atoms with Crippen molar-refractivity contribution in [1.29, 1.82) is 0 Å². The second kappa shape index (κ2) is 5.36. The van der Waals surface area contributed by atoms with E-state index < -0.39 is 18.3 Å². The number of carbonyl (C=O) groups excluding carboxylic acids is 1. The molecule has 0 unspecified atom stereocenters. The molecule has 0 aromatic carbocycles. The van der Waals surface area contributed by atoms with E-state index in [-0.39, 0.29) is 5.97 Å². The van der Waals surface area contributed by atoms with Gasteiger partial charge in [-0.05, 0) is 50.4 Å². The van der Waals surface area contributed by atoms with Crippen LogP contribution in [0.3, 0.4) is 0 Å². The lowest BCUT2D eigenvalue weighted by Gasteiger charge is -2.32. The molecule has 23 heavy (non-hydrogen) atoms. The molecule has 1 aliphatic heterocycles. The number of hydrogen-bond acceptors (Lipinski definition) is 4. The molecule has 1 heterocycles. The summed E-state index contributed by atoms with van der Waals surface area (Å²) in [5.74, 6) is -0.357. The van der Waals surface area contributed by atoms with Crippen molar-refractivity contribution in [2.45, 2.75) is 38.9 Å². The molecule has 0 amide bonds. The summed E-state index contributed by atoms with van der Waals surface area (Å²) in [4.78, 5) is 12.1. The highest BCUT2D eigenvalue weighted by molar-refractivity contribution is 6.64. The van der Waals surface area contributed by atoms with E-state index in [1.807, 2.05) is 64.1 Å². The van der Waals surface area contributed by atoms with Gasteiger partial charge in [-0.15, -0.1) is 0 Å². The predicted molar refractivity (Wildman–Crippen MR) is 90.1 cm³/mol. The van der Waals surface area contributed by atoms with Crippen molar-refractivity contribution < 1.29 is 18.8 Å². The Labute approximate surface area is 137 Å². The topological polar surface area (TPSA) is 44.8 Å². The highest BCUT2D eigenvalue weighted by atomic mass is 16.7. The fourth-order valence-electron chi connectivity index (χ4n) is 2.79. The molecule has 1 fully saturated rings. The summed E-state index contributed by atoms with van der Waals surface area (Å²) in [6.07, 6.45) is 0. The Morgan fingerprint density at radius 1 is 1.00 bits per heavy atom. The van der Waals surface area contributed by atoms with Gasteiger partial charge in [-0.25, -0.2) is 4.79 Å². The third-order valence-corrected chi connectivity index (χ3v) is 4.85. The molecule has 0 spiro atoms. The van der Waals surface area contributed by atoms with Gasteiger partial charge in [0.15, 0.2) is 0 Å². The zero-order chi connectivity index (χ0) is 16.8. The highest BCUT2D eigenvalue weighted by Gasteiger charge is 2.52. The molecule has 3 aliphatic rings. The van der Waals surface area contributed by atoms with Crippen molar-refractivity contribution in [3.63, 3.8) is 0 Å². The van der Waals surface area contributed by atoms with Crippen LogP contribution in [-0.4, -0.2) is 31.4 Å². The van der Waals surface area contributed by atoms with Crippen LogP contribution in [0.1, 0.15) is 38.1 Å². The first-order valence-electron chi connectivity index (χ1n) is 7.72. The summed E-state index contributed by atoms with van der Waals surface area (Å²) in [6.45, 7) is 8.05. The second-order valence-corrected chi connectivity index (χ2v) is 6.83. The van der Waals surface area contributed by atoms with Gasteiger partial charge in [-0.3, -0.25) is 0 Å². The Kier molecular flexibility index (Phi) is 3.73. The Morgan fingerprint density at radius 3 is 2.13 bits per heavy atom. The van der Waals surface area contributed by atoms with Crippen LogP contribution in [0.5, 0.6) is 0 Å². The van der Waals surface area contributed by atoms with Gasteiger partial charge < -0.3 is 14.0 Å². The Bertz CT molecular complexity index is 707. The van der Waals surface area contributed by atoms with Crippen molar-refractivity contribution in [3.8, 4) is 11.1 Å². The molecule has 0 atom stereocenters. The lowest BCUT2D eigenvalue weighted by atomic mass is 9.78. The van der Waals surface area contributed by atoms with Gasteiger partial charge >= 0.3 is 13.1 Å². The molecule has 0 saturated carbocycles. The molecule has 0 bridgehead atoms. The van der Waals surface area contributed by atoms with E-state index in [4.69, 9.17) is 14.0 Å². The molecule has 0 aromatic heterocycles. The summed E-state index contributed by atoms with van der Waals surface area (Å²) < 4.78 is 17.2. The molecule has 2 aliphatic carbocycles. The molecule has 5 heteroatoms. The maximum Gasteiger partial charge on any atom is 0.495 e. The lowest BCUT2D eigenvalue weighted by molar-refractivity contribution is 0.00578. The summed E-state index contributed by atoms with van der Waals surface area (Å²) in [5.41, 5.74) is 2.31. The van der Waals surface area contributed by atoms with Crippen LogP contribution in [0.25, 0.3) is 11.1 Å². The van der Waals surface area contributed by atoms with Crippen molar-refractivity contribution >= 4 is 18.6 Å². The van der Waals surface area contributed by atoms with E-state index in [9.17, 15) is 4.79 Å². The standard InChI is InChI=1S/C18H21BO4/c1-17(2)18(3,4)23-19(22-17)15-11-14(16(20)21-5)12-9-7-6-8-10-13(12)15/h6-11H,1-5H3. The Morgan fingerprint density at radius 2 is 1.57 bits per heavy atom. The number of rotatable bonds is 2. The van der Waals surface area contributed by atoms with E-state index in [1.165, 1.54) is 7.11 Å². The normalized spacial score (nSPS) is 19.1. The van der Waals surface area contributed by atoms with E-state index in [0.29, 0.717) is 5.56 Å². The number of ether oxygens (including phenoxy) is 1. The van der Waals surface area contributed by atoms with E-state index in [2.05, 4.69) is 0 Å². The average Bonchev–Trinajstić information content (AvgIpc) is 2.80. The van der Waals surface area contributed by atoms with Gasteiger partial charge in [-0.1, -0.05) is 30.3 Å². The first-order chi connectivity index (χ1) is 10.8. The maximum absolute atomic E-state index is 12.1. The van der Waals surface area contributed by atoms with Gasteiger partial charge in [0, 0.05) is 0 Å². The fraction of sp³-hybridized carbons (Fsp3) is 0.389. The Hall–Kier alpha value is -1.85. The SMILES string of the molecule is COC(=O)c1cc(B2OC(C)(C)C(C)(C)O2)c2cccccc1-2. The molecule has 0 N–H and O–H groups in total. The fourth-order valence-corrected chi connectivity index (χ4v) is 2.79. The largest absolute Gasteiger partial charge is 0.495 e. The van der Waals surface area contributed by atoms with Crippen LogP contribution < -0.4 is 5.46 Å². The predicted octanol–water partition coefficient (Wildman–Crippen LogP) is 2.88. The minimum Gasteiger partial charge on any atom is -0.465 e. The molecular weight excluding hydrogens is 291 g/mol. The summed E-state index contributed by atoms with van der Waals surface area (Å²) in [7, 11) is 0.877. The van der Waals surface area contributed by atoms with E-state index in [0.717, 1.165) is 16.6 Å². The van der Waals surface area contributed by atoms with Crippen LogP contribution >= 0.6 is 0 Å². The Balaban J connectivity index is 2.12. The minimum absolute atomic E-state index is 0.357. The number of methoxy groups -OCH3 is 1. The van der Waals surface area contributed by atoms with Gasteiger partial charge in [0.1, 0.15) is 0 Å². The van der Waals surface area contributed by atoms with Crippen LogP contribution in [0.4, 0.5) is 0 Å². The van der Waals surface area contributed by atoms with E-state index >= 15 is 0 Å². The van der Waals surface area contributed by atoms with E-state index in [1.54, 1.807) is 0 Å². The van der Waals surface area contributed by atoms with Crippen molar-refractivity contribution in [3.05, 3.63) is 42.0 Å². The van der Waals surface area contributed by atoms with Crippen molar-refractivity contribution in [2.24, 2.45) is 0 Å².